The Morgan fingerprint density at radius 1 is 1.38 bits per heavy atom. The van der Waals surface area contributed by atoms with Gasteiger partial charge in [-0.25, -0.2) is 0 Å². The molecule has 3 nitrogen and oxygen atoms in total. The molecule has 118 valence electrons. The van der Waals surface area contributed by atoms with Crippen LogP contribution in [0.1, 0.15) is 63.1 Å². The van der Waals surface area contributed by atoms with E-state index in [2.05, 4.69) is 43.5 Å². The first-order valence-electron chi connectivity index (χ1n) is 8.25. The number of hydrazine groups is 1. The molecular weight excluding hydrogens is 260 g/mol. The SMILES string of the molecule is CCCc1ccc(C(NN)C2(OC)CCCC(C)C2)cc1. The highest BCUT2D eigenvalue weighted by Crippen LogP contribution is 2.43. The maximum absolute atomic E-state index is 5.99. The van der Waals surface area contributed by atoms with E-state index >= 15 is 0 Å². The number of rotatable bonds is 6. The zero-order valence-corrected chi connectivity index (χ0v) is 13.7. The molecule has 3 heteroatoms. The topological polar surface area (TPSA) is 47.3 Å². The van der Waals surface area contributed by atoms with Crippen LogP contribution < -0.4 is 11.3 Å². The van der Waals surface area contributed by atoms with Crippen molar-refractivity contribution in [2.24, 2.45) is 11.8 Å². The number of benzene rings is 1. The molecular formula is C18H30N2O. The monoisotopic (exact) mass is 290 g/mol. The number of nitrogens with two attached hydrogens (primary N) is 1. The zero-order valence-electron chi connectivity index (χ0n) is 13.7. The number of hydrogen-bond donors (Lipinski definition) is 2. The van der Waals surface area contributed by atoms with Gasteiger partial charge in [0, 0.05) is 7.11 Å². The summed E-state index contributed by atoms with van der Waals surface area (Å²) in [4.78, 5) is 0. The van der Waals surface area contributed by atoms with Crippen LogP contribution in [0.5, 0.6) is 0 Å². The molecule has 1 saturated carbocycles. The highest BCUT2D eigenvalue weighted by Gasteiger charge is 2.42. The lowest BCUT2D eigenvalue weighted by Gasteiger charge is -2.44. The van der Waals surface area contributed by atoms with Crippen LogP contribution in [0.4, 0.5) is 0 Å². The summed E-state index contributed by atoms with van der Waals surface area (Å²) in [7, 11) is 1.83. The Balaban J connectivity index is 2.24. The van der Waals surface area contributed by atoms with Gasteiger partial charge in [-0.2, -0.15) is 0 Å². The molecule has 3 atom stereocenters. The number of hydrogen-bond acceptors (Lipinski definition) is 3. The molecule has 1 aromatic rings. The van der Waals surface area contributed by atoms with Crippen LogP contribution in [0.25, 0.3) is 0 Å². The van der Waals surface area contributed by atoms with Crippen LogP contribution in [-0.2, 0) is 11.2 Å². The van der Waals surface area contributed by atoms with E-state index in [1.807, 2.05) is 7.11 Å². The van der Waals surface area contributed by atoms with Gasteiger partial charge in [0.2, 0.25) is 0 Å². The summed E-state index contributed by atoms with van der Waals surface area (Å²) in [6, 6.07) is 8.91. The average molecular weight is 290 g/mol. The van der Waals surface area contributed by atoms with Crippen molar-refractivity contribution in [1.29, 1.82) is 0 Å². The Morgan fingerprint density at radius 2 is 2.10 bits per heavy atom. The Hall–Kier alpha value is -0.900. The highest BCUT2D eigenvalue weighted by atomic mass is 16.5. The molecule has 1 fully saturated rings. The lowest BCUT2D eigenvalue weighted by Crippen LogP contribution is -2.50. The van der Waals surface area contributed by atoms with E-state index in [1.165, 1.54) is 30.4 Å². The van der Waals surface area contributed by atoms with Gasteiger partial charge < -0.3 is 4.74 Å². The van der Waals surface area contributed by atoms with E-state index in [1.54, 1.807) is 0 Å². The number of methoxy groups -OCH3 is 1. The van der Waals surface area contributed by atoms with Crippen LogP contribution in [0.15, 0.2) is 24.3 Å². The van der Waals surface area contributed by atoms with Gasteiger partial charge in [0.15, 0.2) is 0 Å². The minimum Gasteiger partial charge on any atom is -0.376 e. The van der Waals surface area contributed by atoms with Gasteiger partial charge in [0.1, 0.15) is 0 Å². The molecule has 0 amide bonds. The predicted octanol–water partition coefficient (Wildman–Crippen LogP) is 3.74. The third-order valence-corrected chi connectivity index (χ3v) is 4.94. The Morgan fingerprint density at radius 3 is 2.62 bits per heavy atom. The lowest BCUT2D eigenvalue weighted by molar-refractivity contribution is -0.0806. The molecule has 2 rings (SSSR count). The first-order valence-corrected chi connectivity index (χ1v) is 8.25. The molecule has 0 aromatic heterocycles. The summed E-state index contributed by atoms with van der Waals surface area (Å²) in [5.74, 6) is 6.60. The lowest BCUT2D eigenvalue weighted by atomic mass is 9.73. The van der Waals surface area contributed by atoms with Gasteiger partial charge in [-0.3, -0.25) is 11.3 Å². The second-order valence-corrected chi connectivity index (χ2v) is 6.56. The molecule has 3 N–H and O–H groups in total. The largest absolute Gasteiger partial charge is 0.376 e. The van der Waals surface area contributed by atoms with E-state index in [4.69, 9.17) is 10.6 Å². The van der Waals surface area contributed by atoms with Crippen molar-refractivity contribution < 1.29 is 4.74 Å². The third-order valence-electron chi connectivity index (χ3n) is 4.94. The Bertz CT molecular complexity index is 431. The van der Waals surface area contributed by atoms with Crippen LogP contribution in [-0.4, -0.2) is 12.7 Å². The molecule has 1 aliphatic rings. The van der Waals surface area contributed by atoms with E-state index < -0.39 is 0 Å². The fourth-order valence-electron chi connectivity index (χ4n) is 3.83. The van der Waals surface area contributed by atoms with Crippen molar-refractivity contribution >= 4 is 0 Å². The summed E-state index contributed by atoms with van der Waals surface area (Å²) in [5, 5.41) is 0. The van der Waals surface area contributed by atoms with Crippen LogP contribution in [0.2, 0.25) is 0 Å². The fourth-order valence-corrected chi connectivity index (χ4v) is 3.83. The van der Waals surface area contributed by atoms with Gasteiger partial charge in [0.05, 0.1) is 11.6 Å². The van der Waals surface area contributed by atoms with Crippen LogP contribution in [0.3, 0.4) is 0 Å². The quantitative estimate of drug-likeness (QED) is 0.620. The summed E-state index contributed by atoms with van der Waals surface area (Å²) in [6.45, 7) is 4.52. The van der Waals surface area contributed by atoms with Gasteiger partial charge >= 0.3 is 0 Å². The van der Waals surface area contributed by atoms with Crippen molar-refractivity contribution in [3.8, 4) is 0 Å². The number of nitrogens with one attached hydrogen (secondary N) is 1. The molecule has 1 aromatic carbocycles. The maximum Gasteiger partial charge on any atom is 0.0888 e. The van der Waals surface area contributed by atoms with E-state index in [0.717, 1.165) is 19.3 Å². The van der Waals surface area contributed by atoms with Crippen molar-refractivity contribution in [1.82, 2.24) is 5.43 Å². The third kappa shape index (κ3) is 3.65. The molecule has 21 heavy (non-hydrogen) atoms. The van der Waals surface area contributed by atoms with E-state index in [0.29, 0.717) is 5.92 Å². The molecule has 1 aliphatic carbocycles. The first kappa shape index (κ1) is 16.5. The Labute approximate surface area is 129 Å². The predicted molar refractivity (Wildman–Crippen MR) is 87.9 cm³/mol. The minimum atomic E-state index is -0.182. The van der Waals surface area contributed by atoms with Crippen molar-refractivity contribution in [3.63, 3.8) is 0 Å². The molecule has 0 radical (unpaired) electrons. The van der Waals surface area contributed by atoms with Crippen molar-refractivity contribution in [3.05, 3.63) is 35.4 Å². The van der Waals surface area contributed by atoms with Gasteiger partial charge in [-0.1, -0.05) is 57.4 Å². The van der Waals surface area contributed by atoms with Gasteiger partial charge in [0.25, 0.3) is 0 Å². The average Bonchev–Trinajstić information content (AvgIpc) is 2.50. The number of ether oxygens (including phenoxy) is 1. The van der Waals surface area contributed by atoms with Gasteiger partial charge in [-0.15, -0.1) is 0 Å². The van der Waals surface area contributed by atoms with E-state index in [-0.39, 0.29) is 11.6 Å². The van der Waals surface area contributed by atoms with Crippen molar-refractivity contribution in [2.75, 3.05) is 7.11 Å². The second-order valence-electron chi connectivity index (χ2n) is 6.56. The standard InChI is InChI=1S/C18H30N2O/c1-4-6-15-8-10-16(11-9-15)17(20-19)18(21-3)12-5-7-14(2)13-18/h8-11,14,17,20H,4-7,12-13,19H2,1-3H3. The maximum atomic E-state index is 5.99. The summed E-state index contributed by atoms with van der Waals surface area (Å²) in [5.41, 5.74) is 5.46. The fraction of sp³-hybridized carbons (Fsp3) is 0.667. The molecule has 0 bridgehead atoms. The summed E-state index contributed by atoms with van der Waals surface area (Å²) in [6.07, 6.45) is 6.94. The first-order chi connectivity index (χ1) is 10.1. The van der Waals surface area contributed by atoms with Crippen molar-refractivity contribution in [2.45, 2.75) is 64.0 Å². The molecule has 0 saturated heterocycles. The van der Waals surface area contributed by atoms with Crippen LogP contribution >= 0.6 is 0 Å². The van der Waals surface area contributed by atoms with E-state index in [9.17, 15) is 0 Å². The second kappa shape index (κ2) is 7.39. The zero-order chi connectivity index (χ0) is 15.3. The summed E-state index contributed by atoms with van der Waals surface area (Å²) >= 11 is 0. The van der Waals surface area contributed by atoms with Crippen LogP contribution in [0, 0.1) is 5.92 Å². The molecule has 0 spiro atoms. The smallest absolute Gasteiger partial charge is 0.0888 e. The molecule has 3 unspecified atom stereocenters. The normalized spacial score (nSPS) is 27.5. The Kier molecular flexibility index (Phi) is 5.80. The van der Waals surface area contributed by atoms with Gasteiger partial charge in [-0.05, 0) is 36.3 Å². The molecule has 0 heterocycles. The number of aryl methyl sites for hydroxylation is 1. The minimum absolute atomic E-state index is 0.0564. The molecule has 0 aliphatic heterocycles. The summed E-state index contributed by atoms with van der Waals surface area (Å²) < 4.78 is 5.99. The highest BCUT2D eigenvalue weighted by molar-refractivity contribution is 5.27.